The molecule has 0 aliphatic carbocycles. The fraction of sp³-hybridized carbons (Fsp3) is 0.438. The molecule has 0 spiro atoms. The van der Waals surface area contributed by atoms with Gasteiger partial charge in [0.1, 0.15) is 0 Å². The summed E-state index contributed by atoms with van der Waals surface area (Å²) in [6.45, 7) is 3.38. The van der Waals surface area contributed by atoms with Crippen LogP contribution in [0.5, 0.6) is 0 Å². The lowest BCUT2D eigenvalue weighted by Crippen LogP contribution is -2.43. The van der Waals surface area contributed by atoms with Crippen LogP contribution >= 0.6 is 0 Å². The van der Waals surface area contributed by atoms with E-state index in [1.165, 1.54) is 4.90 Å². The molecule has 10 heteroatoms. The SMILES string of the molecule is CCOC(=O)NC(=O)CN(CC)CC(=O)Nc1ccc(C(F)(F)F)cc1. The van der Waals surface area contributed by atoms with Crippen molar-refractivity contribution < 1.29 is 32.3 Å². The minimum Gasteiger partial charge on any atom is -0.450 e. The molecule has 0 bridgehead atoms. The van der Waals surface area contributed by atoms with Crippen molar-refractivity contribution in [1.29, 1.82) is 0 Å². The Labute approximate surface area is 148 Å². The van der Waals surface area contributed by atoms with Gasteiger partial charge in [0.2, 0.25) is 11.8 Å². The van der Waals surface area contributed by atoms with Gasteiger partial charge in [0.15, 0.2) is 0 Å². The number of anilines is 1. The molecule has 26 heavy (non-hydrogen) atoms. The van der Waals surface area contributed by atoms with Crippen molar-refractivity contribution >= 4 is 23.6 Å². The van der Waals surface area contributed by atoms with Gasteiger partial charge in [0.25, 0.3) is 0 Å². The van der Waals surface area contributed by atoms with Crippen LogP contribution in [-0.2, 0) is 20.5 Å². The summed E-state index contributed by atoms with van der Waals surface area (Å²) in [4.78, 5) is 36.3. The fourth-order valence-corrected chi connectivity index (χ4v) is 1.95. The summed E-state index contributed by atoms with van der Waals surface area (Å²) in [5, 5.41) is 4.46. The number of rotatable bonds is 7. The van der Waals surface area contributed by atoms with E-state index in [9.17, 15) is 27.6 Å². The van der Waals surface area contributed by atoms with Crippen LogP contribution < -0.4 is 10.6 Å². The van der Waals surface area contributed by atoms with E-state index in [1.54, 1.807) is 13.8 Å². The van der Waals surface area contributed by atoms with Gasteiger partial charge < -0.3 is 10.1 Å². The zero-order valence-corrected chi connectivity index (χ0v) is 14.4. The summed E-state index contributed by atoms with van der Waals surface area (Å²) < 4.78 is 42.1. The molecule has 0 unspecified atom stereocenters. The number of benzene rings is 1. The molecule has 0 atom stereocenters. The Balaban J connectivity index is 2.53. The number of nitrogens with zero attached hydrogens (tertiary/aromatic N) is 1. The van der Waals surface area contributed by atoms with Gasteiger partial charge in [0.05, 0.1) is 25.3 Å². The van der Waals surface area contributed by atoms with Crippen molar-refractivity contribution in [3.8, 4) is 0 Å². The first-order valence-electron chi connectivity index (χ1n) is 7.81. The topological polar surface area (TPSA) is 87.7 Å². The van der Waals surface area contributed by atoms with Crippen molar-refractivity contribution in [3.63, 3.8) is 0 Å². The van der Waals surface area contributed by atoms with Gasteiger partial charge in [-0.05, 0) is 37.7 Å². The normalized spacial score (nSPS) is 11.2. The molecule has 0 fully saturated rings. The molecule has 0 saturated carbocycles. The molecule has 0 saturated heterocycles. The molecule has 0 radical (unpaired) electrons. The molecule has 2 N–H and O–H groups in total. The highest BCUT2D eigenvalue weighted by molar-refractivity contribution is 5.94. The maximum absolute atomic E-state index is 12.5. The second-order valence-corrected chi connectivity index (χ2v) is 5.20. The van der Waals surface area contributed by atoms with E-state index >= 15 is 0 Å². The van der Waals surface area contributed by atoms with Crippen LogP contribution in [0.1, 0.15) is 19.4 Å². The van der Waals surface area contributed by atoms with E-state index in [0.717, 1.165) is 24.3 Å². The largest absolute Gasteiger partial charge is 0.450 e. The predicted octanol–water partition coefficient (Wildman–Crippen LogP) is 2.24. The molecule has 0 aromatic heterocycles. The molecule has 0 heterocycles. The van der Waals surface area contributed by atoms with Crippen LogP contribution in [0, 0.1) is 0 Å². The summed E-state index contributed by atoms with van der Waals surface area (Å²) in [6, 6.07) is 4.01. The third kappa shape index (κ3) is 7.51. The number of carbonyl (C=O) groups is 3. The zero-order chi connectivity index (χ0) is 19.7. The van der Waals surface area contributed by atoms with Crippen molar-refractivity contribution in [2.45, 2.75) is 20.0 Å². The molecule has 144 valence electrons. The maximum Gasteiger partial charge on any atom is 0.416 e. The molecule has 0 aliphatic heterocycles. The zero-order valence-electron chi connectivity index (χ0n) is 14.4. The Bertz CT molecular complexity index is 633. The van der Waals surface area contributed by atoms with E-state index in [1.807, 2.05) is 5.32 Å². The van der Waals surface area contributed by atoms with Gasteiger partial charge in [-0.25, -0.2) is 4.79 Å². The minimum absolute atomic E-state index is 0.117. The molecule has 1 aromatic carbocycles. The average Bonchev–Trinajstić information content (AvgIpc) is 2.53. The van der Waals surface area contributed by atoms with E-state index in [2.05, 4.69) is 10.1 Å². The minimum atomic E-state index is -4.45. The van der Waals surface area contributed by atoms with Gasteiger partial charge in [-0.2, -0.15) is 13.2 Å². The fourth-order valence-electron chi connectivity index (χ4n) is 1.95. The van der Waals surface area contributed by atoms with Gasteiger partial charge in [-0.15, -0.1) is 0 Å². The number of nitrogens with one attached hydrogen (secondary N) is 2. The lowest BCUT2D eigenvalue weighted by Gasteiger charge is -2.19. The van der Waals surface area contributed by atoms with E-state index in [4.69, 9.17) is 0 Å². The highest BCUT2D eigenvalue weighted by Gasteiger charge is 2.30. The number of halogens is 3. The van der Waals surface area contributed by atoms with Crippen LogP contribution in [0.4, 0.5) is 23.7 Å². The Morgan fingerprint density at radius 1 is 1.04 bits per heavy atom. The summed E-state index contributed by atoms with van der Waals surface area (Å²) in [7, 11) is 0. The number of imide groups is 1. The highest BCUT2D eigenvalue weighted by atomic mass is 19.4. The van der Waals surface area contributed by atoms with E-state index in [-0.39, 0.29) is 25.4 Å². The smallest absolute Gasteiger partial charge is 0.416 e. The van der Waals surface area contributed by atoms with E-state index in [0.29, 0.717) is 6.54 Å². The van der Waals surface area contributed by atoms with Crippen molar-refractivity contribution in [3.05, 3.63) is 29.8 Å². The number of hydrogen-bond donors (Lipinski definition) is 2. The standard InChI is InChI=1S/C16H20F3N3O4/c1-3-22(10-14(24)21-15(25)26-4-2)9-13(23)20-12-7-5-11(6-8-12)16(17,18)19/h5-8H,3-4,9-10H2,1-2H3,(H,20,23)(H,21,24,25). The monoisotopic (exact) mass is 375 g/mol. The number of amides is 3. The molecular formula is C16H20F3N3O4. The number of alkyl carbamates (subject to hydrolysis) is 1. The van der Waals surface area contributed by atoms with Crippen LogP contribution in [0.15, 0.2) is 24.3 Å². The molecule has 0 aliphatic rings. The maximum atomic E-state index is 12.5. The molecule has 7 nitrogen and oxygen atoms in total. The first-order valence-corrected chi connectivity index (χ1v) is 7.81. The van der Waals surface area contributed by atoms with Gasteiger partial charge in [0, 0.05) is 5.69 Å². The summed E-state index contributed by atoms with van der Waals surface area (Å²) in [6.07, 6.45) is -5.32. The summed E-state index contributed by atoms with van der Waals surface area (Å²) in [5.41, 5.74) is -0.614. The second-order valence-electron chi connectivity index (χ2n) is 5.20. The number of carbonyl (C=O) groups excluding carboxylic acids is 3. The first-order chi connectivity index (χ1) is 12.2. The summed E-state index contributed by atoms with van der Waals surface area (Å²) >= 11 is 0. The molecular weight excluding hydrogens is 355 g/mol. The summed E-state index contributed by atoms with van der Waals surface area (Å²) in [5.74, 6) is -1.14. The third-order valence-electron chi connectivity index (χ3n) is 3.19. The van der Waals surface area contributed by atoms with Gasteiger partial charge >= 0.3 is 12.3 Å². The van der Waals surface area contributed by atoms with Gasteiger partial charge in [-0.1, -0.05) is 6.92 Å². The third-order valence-corrected chi connectivity index (χ3v) is 3.19. The van der Waals surface area contributed by atoms with Gasteiger partial charge in [-0.3, -0.25) is 19.8 Å². The van der Waals surface area contributed by atoms with Crippen LogP contribution in [0.3, 0.4) is 0 Å². The molecule has 1 rings (SSSR count). The first kappa shape index (κ1) is 21.4. The number of hydrogen-bond acceptors (Lipinski definition) is 5. The van der Waals surface area contributed by atoms with E-state index < -0.39 is 29.6 Å². The van der Waals surface area contributed by atoms with Crippen molar-refractivity contribution in [1.82, 2.24) is 10.2 Å². The molecule has 3 amide bonds. The highest BCUT2D eigenvalue weighted by Crippen LogP contribution is 2.29. The second kappa shape index (κ2) is 9.76. The van der Waals surface area contributed by atoms with Crippen molar-refractivity contribution in [2.24, 2.45) is 0 Å². The van der Waals surface area contributed by atoms with Crippen molar-refractivity contribution in [2.75, 3.05) is 31.6 Å². The number of alkyl halides is 3. The quantitative estimate of drug-likeness (QED) is 0.763. The number of likely N-dealkylation sites (N-methyl/N-ethyl adjacent to an activating group) is 1. The average molecular weight is 375 g/mol. The van der Waals surface area contributed by atoms with Crippen LogP contribution in [0.25, 0.3) is 0 Å². The lowest BCUT2D eigenvalue weighted by molar-refractivity contribution is -0.137. The van der Waals surface area contributed by atoms with Crippen LogP contribution in [0.2, 0.25) is 0 Å². The Morgan fingerprint density at radius 3 is 2.12 bits per heavy atom. The Hall–Kier alpha value is -2.62. The number of ether oxygens (including phenoxy) is 1. The predicted molar refractivity (Wildman–Crippen MR) is 87.4 cm³/mol. The Morgan fingerprint density at radius 2 is 1.62 bits per heavy atom. The Kier molecular flexibility index (Phi) is 8.04. The lowest BCUT2D eigenvalue weighted by atomic mass is 10.2. The molecule has 1 aromatic rings. The van der Waals surface area contributed by atoms with Crippen LogP contribution in [-0.4, -0.2) is 49.0 Å².